The predicted molar refractivity (Wildman–Crippen MR) is 152 cm³/mol. The molecule has 1 unspecified atom stereocenters. The minimum Gasteiger partial charge on any atom is -0.437 e. The molecule has 0 saturated carbocycles. The smallest absolute Gasteiger partial charge is 0.232 e. The predicted octanol–water partition coefficient (Wildman–Crippen LogP) is 8.07. The Labute approximate surface area is 225 Å². The van der Waals surface area contributed by atoms with Gasteiger partial charge < -0.3 is 14.5 Å². The fraction of sp³-hybridized carbons (Fsp3) is 0.0909. The van der Waals surface area contributed by atoms with Crippen molar-refractivity contribution in [2.45, 2.75) is 12.6 Å². The lowest BCUT2D eigenvalue weighted by Crippen LogP contribution is -2.18. The molecule has 6 heteroatoms. The van der Waals surface area contributed by atoms with E-state index in [4.69, 9.17) is 9.15 Å². The second-order valence-electron chi connectivity index (χ2n) is 9.19. The van der Waals surface area contributed by atoms with Gasteiger partial charge in [-0.05, 0) is 28.8 Å². The Kier molecular flexibility index (Phi) is 7.10. The number of furan rings is 1. The Morgan fingerprint density at radius 1 is 0.769 bits per heavy atom. The van der Waals surface area contributed by atoms with Crippen LogP contribution in [0.5, 0.6) is 0 Å². The Bertz CT molecular complexity index is 1670. The van der Waals surface area contributed by atoms with E-state index in [2.05, 4.69) is 27.4 Å². The summed E-state index contributed by atoms with van der Waals surface area (Å²) in [6.07, 6.45) is 1.51. The molecule has 6 rings (SSSR count). The summed E-state index contributed by atoms with van der Waals surface area (Å²) in [7, 11) is 0. The molecule has 39 heavy (non-hydrogen) atoms. The molecule has 0 aliphatic rings. The molecule has 0 radical (unpaired) electrons. The standard InChI is InChI=1S/C33H26FN3O2/c34-27-18-10-11-23(19-27)20-38-21-28(24-12-4-1-5-13-24)37-32-30-29(25-14-6-2-7-15-25)31(26-16-8-3-9-17-26)39-33(30)36-22-35-32/h1-19,22,28H,20-21H2,(H,35,36,37). The largest absolute Gasteiger partial charge is 0.437 e. The first-order valence-electron chi connectivity index (χ1n) is 12.8. The van der Waals surface area contributed by atoms with Gasteiger partial charge in [0.1, 0.15) is 23.7 Å². The van der Waals surface area contributed by atoms with Gasteiger partial charge in [0, 0.05) is 11.1 Å². The van der Waals surface area contributed by atoms with Crippen molar-refractivity contribution in [2.24, 2.45) is 0 Å². The van der Waals surface area contributed by atoms with Gasteiger partial charge in [0.05, 0.1) is 24.6 Å². The van der Waals surface area contributed by atoms with Gasteiger partial charge in [0.25, 0.3) is 0 Å². The SMILES string of the molecule is Fc1cccc(COCC(Nc2ncnc3oc(-c4ccccc4)c(-c4ccccc4)c23)c2ccccc2)c1. The maximum absolute atomic E-state index is 13.7. The molecule has 1 N–H and O–H groups in total. The molecule has 2 aromatic heterocycles. The molecule has 0 bridgehead atoms. The Morgan fingerprint density at radius 2 is 1.46 bits per heavy atom. The highest BCUT2D eigenvalue weighted by Gasteiger charge is 2.23. The van der Waals surface area contributed by atoms with E-state index in [1.165, 1.54) is 18.5 Å². The molecule has 192 valence electrons. The first kappa shape index (κ1) is 24.5. The van der Waals surface area contributed by atoms with Crippen molar-refractivity contribution < 1.29 is 13.5 Å². The van der Waals surface area contributed by atoms with E-state index in [0.717, 1.165) is 39.0 Å². The van der Waals surface area contributed by atoms with Crippen molar-refractivity contribution in [1.82, 2.24) is 9.97 Å². The average molecular weight is 516 g/mol. The van der Waals surface area contributed by atoms with Crippen molar-refractivity contribution in [3.8, 4) is 22.5 Å². The van der Waals surface area contributed by atoms with Crippen LogP contribution in [-0.4, -0.2) is 16.6 Å². The van der Waals surface area contributed by atoms with Gasteiger partial charge in [0.2, 0.25) is 5.71 Å². The van der Waals surface area contributed by atoms with Crippen LogP contribution in [0, 0.1) is 5.82 Å². The van der Waals surface area contributed by atoms with Crippen LogP contribution in [-0.2, 0) is 11.3 Å². The first-order chi connectivity index (χ1) is 19.3. The van der Waals surface area contributed by atoms with E-state index < -0.39 is 0 Å². The van der Waals surface area contributed by atoms with Gasteiger partial charge in [0.15, 0.2) is 0 Å². The number of halogens is 1. The highest BCUT2D eigenvalue weighted by Crippen LogP contribution is 2.43. The van der Waals surface area contributed by atoms with Gasteiger partial charge in [-0.15, -0.1) is 0 Å². The number of ether oxygens (including phenoxy) is 1. The Hall–Kier alpha value is -4.81. The van der Waals surface area contributed by atoms with Gasteiger partial charge in [-0.3, -0.25) is 0 Å². The summed E-state index contributed by atoms with van der Waals surface area (Å²) in [5, 5.41) is 4.40. The Morgan fingerprint density at radius 3 is 2.18 bits per heavy atom. The molecule has 0 aliphatic carbocycles. The van der Waals surface area contributed by atoms with Crippen LogP contribution in [0.25, 0.3) is 33.6 Å². The summed E-state index contributed by atoms with van der Waals surface area (Å²) in [6.45, 7) is 0.636. The van der Waals surface area contributed by atoms with Crippen LogP contribution in [0.15, 0.2) is 126 Å². The molecule has 4 aromatic carbocycles. The van der Waals surface area contributed by atoms with E-state index in [9.17, 15) is 4.39 Å². The van der Waals surface area contributed by atoms with Crippen molar-refractivity contribution in [2.75, 3.05) is 11.9 Å². The van der Waals surface area contributed by atoms with Crippen molar-refractivity contribution in [3.63, 3.8) is 0 Å². The molecule has 0 fully saturated rings. The third-order valence-electron chi connectivity index (χ3n) is 6.54. The van der Waals surface area contributed by atoms with Gasteiger partial charge >= 0.3 is 0 Å². The summed E-state index contributed by atoms with van der Waals surface area (Å²) in [5.41, 5.74) is 5.20. The summed E-state index contributed by atoms with van der Waals surface area (Å²) < 4.78 is 26.1. The van der Waals surface area contributed by atoms with Crippen molar-refractivity contribution >= 4 is 16.9 Å². The molecule has 0 aliphatic heterocycles. The quantitative estimate of drug-likeness (QED) is 0.211. The first-order valence-corrected chi connectivity index (χ1v) is 12.8. The maximum atomic E-state index is 13.7. The fourth-order valence-corrected chi connectivity index (χ4v) is 4.71. The molecule has 0 saturated heterocycles. The number of anilines is 1. The summed E-state index contributed by atoms with van der Waals surface area (Å²) in [6, 6.07) is 36.4. The molecular weight excluding hydrogens is 489 g/mol. The van der Waals surface area contributed by atoms with E-state index in [1.807, 2.05) is 84.9 Å². The van der Waals surface area contributed by atoms with E-state index in [0.29, 0.717) is 24.7 Å². The molecule has 1 atom stereocenters. The highest BCUT2D eigenvalue weighted by molar-refractivity contribution is 6.05. The lowest BCUT2D eigenvalue weighted by Gasteiger charge is -2.20. The normalized spacial score (nSPS) is 11.9. The number of rotatable bonds is 9. The minimum atomic E-state index is -0.278. The Balaban J connectivity index is 1.40. The molecule has 0 spiro atoms. The molecular formula is C33H26FN3O2. The zero-order valence-electron chi connectivity index (χ0n) is 21.1. The molecule has 6 aromatic rings. The van der Waals surface area contributed by atoms with Crippen molar-refractivity contribution in [1.29, 1.82) is 0 Å². The minimum absolute atomic E-state index is 0.225. The zero-order chi connectivity index (χ0) is 26.4. The molecule has 5 nitrogen and oxygen atoms in total. The van der Waals surface area contributed by atoms with E-state index in [1.54, 1.807) is 6.07 Å². The number of hydrogen-bond donors (Lipinski definition) is 1. The van der Waals surface area contributed by atoms with E-state index in [-0.39, 0.29) is 11.9 Å². The van der Waals surface area contributed by atoms with Gasteiger partial charge in [-0.2, -0.15) is 0 Å². The lowest BCUT2D eigenvalue weighted by molar-refractivity contribution is 0.112. The monoisotopic (exact) mass is 515 g/mol. The lowest BCUT2D eigenvalue weighted by atomic mass is 9.99. The number of benzene rings is 4. The van der Waals surface area contributed by atoms with Crippen LogP contribution < -0.4 is 5.32 Å². The average Bonchev–Trinajstić information content (AvgIpc) is 3.39. The summed E-state index contributed by atoms with van der Waals surface area (Å²) >= 11 is 0. The van der Waals surface area contributed by atoms with Gasteiger partial charge in [-0.25, -0.2) is 14.4 Å². The number of hydrogen-bond acceptors (Lipinski definition) is 5. The topological polar surface area (TPSA) is 60.2 Å². The van der Waals surface area contributed by atoms with Crippen LogP contribution in [0.3, 0.4) is 0 Å². The van der Waals surface area contributed by atoms with Crippen LogP contribution in [0.4, 0.5) is 10.2 Å². The number of aromatic nitrogens is 2. The second kappa shape index (κ2) is 11.3. The second-order valence-corrected chi connectivity index (χ2v) is 9.19. The number of nitrogens with zero attached hydrogens (tertiary/aromatic N) is 2. The van der Waals surface area contributed by atoms with Crippen molar-refractivity contribution in [3.05, 3.63) is 139 Å². The maximum Gasteiger partial charge on any atom is 0.232 e. The number of fused-ring (bicyclic) bond motifs is 1. The zero-order valence-corrected chi connectivity index (χ0v) is 21.1. The molecule has 2 heterocycles. The van der Waals surface area contributed by atoms with Crippen LogP contribution in [0.2, 0.25) is 0 Å². The molecule has 0 amide bonds. The fourth-order valence-electron chi connectivity index (χ4n) is 4.71. The summed E-state index contributed by atoms with van der Waals surface area (Å²) in [5.74, 6) is 1.10. The van der Waals surface area contributed by atoms with Gasteiger partial charge in [-0.1, -0.05) is 103 Å². The summed E-state index contributed by atoms with van der Waals surface area (Å²) in [4.78, 5) is 9.14. The third-order valence-corrected chi connectivity index (χ3v) is 6.54. The third kappa shape index (κ3) is 5.42. The number of nitrogens with one attached hydrogen (secondary N) is 1. The highest BCUT2D eigenvalue weighted by atomic mass is 19.1. The van der Waals surface area contributed by atoms with Crippen LogP contribution in [0.1, 0.15) is 17.2 Å². The van der Waals surface area contributed by atoms with Crippen LogP contribution >= 0.6 is 0 Å². The van der Waals surface area contributed by atoms with E-state index >= 15 is 0 Å².